The number of nitrogens with zero attached hydrogens (tertiary/aromatic N) is 4. The minimum absolute atomic E-state index is 0. The van der Waals surface area contributed by atoms with Gasteiger partial charge in [-0.05, 0) is 106 Å². The number of allylic oxidation sites excluding steroid dienone is 4. The van der Waals surface area contributed by atoms with Crippen molar-refractivity contribution in [3.63, 3.8) is 0 Å². The number of rotatable bonds is 18. The van der Waals surface area contributed by atoms with E-state index in [2.05, 4.69) is 0 Å². The Morgan fingerprint density at radius 1 is 0.723 bits per heavy atom. The van der Waals surface area contributed by atoms with Crippen LogP contribution < -0.4 is 40.7 Å². The Labute approximate surface area is 382 Å². The number of carboxylic acids is 7. The van der Waals surface area contributed by atoms with Crippen LogP contribution in [0.5, 0.6) is 0 Å². The first-order chi connectivity index (χ1) is 29.9. The standard InChI is InChI=1S/C44H51N4O16.Co/c1-20-44-40-25(14-37(59)60)41(2,12-11-35(55)56)30(47-40)16-27-21(5-8-32(49)50)22(13-36(57)58)26(45-27)15-28-23(6-9-33(51)52)42(3,18-38(61)62)31(46-28)17-29(48-44)24(7-10-34(53)54)43(44,4)19-39(63)64-20;/h17,20,24H,5-16,18-19H2,1-4H3,(H8,46,48,49,50,51,52,53,54,55,56,57,58,59,60,61,62);/q-1;/p-8/t20?,24-,41-,42+,43+,44+;/m1./s1. The Bertz CT molecular complexity index is 2430. The van der Waals surface area contributed by atoms with Crippen LogP contribution in [-0.4, -0.2) is 70.8 Å². The fraction of sp³-hybridized carbons (Fsp3) is 0.545. The second-order valence-electron chi connectivity index (χ2n) is 17.7. The van der Waals surface area contributed by atoms with E-state index in [9.17, 15) is 74.1 Å². The maximum absolute atomic E-state index is 13.6. The summed E-state index contributed by atoms with van der Waals surface area (Å²) in [6.07, 6.45) is -7.35. The zero-order valence-corrected chi connectivity index (χ0v) is 36.8. The topological polar surface area (TPSA) is 360 Å². The van der Waals surface area contributed by atoms with Gasteiger partial charge in [0.25, 0.3) is 0 Å². The minimum atomic E-state index is -1.89. The molecule has 8 bridgehead atoms. The summed E-state index contributed by atoms with van der Waals surface area (Å²) in [5, 5.41) is 91.1. The first-order valence-corrected chi connectivity index (χ1v) is 20.7. The van der Waals surface area contributed by atoms with Gasteiger partial charge in [-0.2, -0.15) is 11.4 Å². The number of esters is 1. The van der Waals surface area contributed by atoms with Crippen molar-refractivity contribution in [1.82, 2.24) is 4.98 Å². The third kappa shape index (κ3) is 9.12. The Morgan fingerprint density at radius 2 is 1.32 bits per heavy atom. The second-order valence-corrected chi connectivity index (χ2v) is 17.7. The molecule has 5 aliphatic rings. The van der Waals surface area contributed by atoms with Gasteiger partial charge in [-0.15, -0.1) is 5.69 Å². The SMILES string of the molecule is CC1OC(=O)C[C@@]2(C)[C@H](CCC(=O)[O-])/C3=C/C4=NC(=C(CCC(=O)[O-])[C@]4(C)CC(=O)[O-])Cc4[n-]c(c(CCC(=O)[O-])c4CC(=O)[O-])CC4=NC(=C(CC(=O)[O-])[C@@]4(C)CCC(=O)[O-])[C@@]12[N-]3.[Co]. The van der Waals surface area contributed by atoms with Gasteiger partial charge in [0.15, 0.2) is 0 Å². The van der Waals surface area contributed by atoms with Gasteiger partial charge in [0.2, 0.25) is 0 Å². The van der Waals surface area contributed by atoms with Crippen molar-refractivity contribution < 1.29 is 95.6 Å². The van der Waals surface area contributed by atoms with Crippen LogP contribution in [0.25, 0.3) is 5.32 Å². The fourth-order valence-electron chi connectivity index (χ4n) is 10.7. The second kappa shape index (κ2) is 18.4. The summed E-state index contributed by atoms with van der Waals surface area (Å²) < 4.78 is 5.87. The van der Waals surface area contributed by atoms with Gasteiger partial charge in [0.05, 0.1) is 12.5 Å². The number of aliphatic carboxylic acids is 7. The monoisotopic (exact) mass is 942 g/mol. The molecule has 1 aromatic heterocycles. The molecule has 5 aliphatic heterocycles. The predicted octanol–water partition coefficient (Wildman–Crippen LogP) is -5.02. The molecule has 1 unspecified atom stereocenters. The van der Waals surface area contributed by atoms with Crippen LogP contribution in [0, 0.1) is 22.2 Å². The summed E-state index contributed by atoms with van der Waals surface area (Å²) in [5.74, 6) is -12.6. The summed E-state index contributed by atoms with van der Waals surface area (Å²) in [5.41, 5.74) is -6.32. The van der Waals surface area contributed by atoms with Gasteiger partial charge in [0.1, 0.15) is 0 Å². The van der Waals surface area contributed by atoms with Crippen molar-refractivity contribution >= 4 is 59.2 Å². The third-order valence-electron chi connectivity index (χ3n) is 13.8. The zero-order chi connectivity index (χ0) is 47.3. The van der Waals surface area contributed by atoms with Crippen LogP contribution in [-0.2, 0) is 85.6 Å². The van der Waals surface area contributed by atoms with Crippen LogP contribution in [0.2, 0.25) is 0 Å². The molecule has 0 amide bonds. The number of fused-ring (bicyclic) bond motifs is 5. The van der Waals surface area contributed by atoms with Crippen molar-refractivity contribution in [2.75, 3.05) is 0 Å². The van der Waals surface area contributed by atoms with Crippen molar-refractivity contribution in [3.05, 3.63) is 62.1 Å². The number of aliphatic imine (C=N–C) groups is 2. The maximum atomic E-state index is 13.6. The molecule has 21 heteroatoms. The Hall–Kier alpha value is -6.09. The van der Waals surface area contributed by atoms with E-state index in [1.54, 1.807) is 6.92 Å². The van der Waals surface area contributed by atoms with Gasteiger partial charge in [-0.3, -0.25) is 14.8 Å². The number of aromatic nitrogens is 1. The molecule has 6 rings (SSSR count). The molecule has 353 valence electrons. The number of hydrogen-bond donors (Lipinski definition) is 0. The normalized spacial score (nSPS) is 28.6. The molecule has 0 aliphatic carbocycles. The van der Waals surface area contributed by atoms with E-state index in [4.69, 9.17) is 25.0 Å². The molecule has 0 N–H and O–H groups in total. The first-order valence-electron chi connectivity index (χ1n) is 20.7. The number of carbonyl (C=O) groups excluding carboxylic acids is 8. The van der Waals surface area contributed by atoms with Gasteiger partial charge >= 0.3 is 5.97 Å². The van der Waals surface area contributed by atoms with Crippen molar-refractivity contribution in [3.8, 4) is 0 Å². The Morgan fingerprint density at radius 3 is 1.91 bits per heavy atom. The molecule has 6 heterocycles. The van der Waals surface area contributed by atoms with E-state index < -0.39 is 133 Å². The molecule has 65 heavy (non-hydrogen) atoms. The quantitative estimate of drug-likeness (QED) is 0.124. The molecule has 2 saturated heterocycles. The van der Waals surface area contributed by atoms with Crippen LogP contribution in [0.4, 0.5) is 0 Å². The largest absolute Gasteiger partial charge is 0.674 e. The Balaban J connectivity index is 0.00000793. The van der Waals surface area contributed by atoms with Crippen molar-refractivity contribution in [1.29, 1.82) is 0 Å². The summed E-state index contributed by atoms with van der Waals surface area (Å²) in [6, 6.07) is 0. The average Bonchev–Trinajstić information content (AvgIpc) is 3.78. The summed E-state index contributed by atoms with van der Waals surface area (Å²) in [7, 11) is 0. The number of ether oxygens (including phenoxy) is 1. The summed E-state index contributed by atoms with van der Waals surface area (Å²) >= 11 is 0. The van der Waals surface area contributed by atoms with Crippen LogP contribution in [0.3, 0.4) is 0 Å². The molecule has 6 atom stereocenters. The first kappa shape index (κ1) is 49.9. The average molecular weight is 943 g/mol. The number of carbonyl (C=O) groups is 8. The number of hydrogen-bond acceptors (Lipinski definition) is 18. The minimum Gasteiger partial charge on any atom is -0.674 e. The van der Waals surface area contributed by atoms with Crippen LogP contribution >= 0.6 is 0 Å². The maximum Gasteiger partial charge on any atom is 0.306 e. The van der Waals surface area contributed by atoms with E-state index in [0.717, 1.165) is 0 Å². The van der Waals surface area contributed by atoms with Gasteiger partial charge in [-0.1, -0.05) is 31.1 Å². The van der Waals surface area contributed by atoms with E-state index in [1.807, 2.05) is 0 Å². The van der Waals surface area contributed by atoms with Gasteiger partial charge in [0, 0.05) is 111 Å². The summed E-state index contributed by atoms with van der Waals surface area (Å²) in [6.45, 7) is 6.07. The number of cyclic esters (lactones) is 1. The van der Waals surface area contributed by atoms with Crippen molar-refractivity contribution in [2.45, 2.75) is 129 Å². The molecule has 1 aromatic rings. The zero-order valence-electron chi connectivity index (χ0n) is 35.8. The molecule has 0 saturated carbocycles. The predicted molar refractivity (Wildman–Crippen MR) is 202 cm³/mol. The van der Waals surface area contributed by atoms with E-state index in [0.29, 0.717) is 0 Å². The molecule has 1 radical (unpaired) electrons. The number of carboxylic acid groups (broad SMARTS) is 7. The van der Waals surface area contributed by atoms with Crippen molar-refractivity contribution in [2.24, 2.45) is 32.1 Å². The third-order valence-corrected chi connectivity index (χ3v) is 13.8. The molecule has 0 aromatic carbocycles. The molecular formula is C44H43CoN4O16-9. The van der Waals surface area contributed by atoms with Crippen LogP contribution in [0.1, 0.15) is 114 Å². The smallest absolute Gasteiger partial charge is 0.306 e. The van der Waals surface area contributed by atoms with E-state index >= 15 is 0 Å². The molecule has 1 spiro atoms. The summed E-state index contributed by atoms with van der Waals surface area (Å²) in [4.78, 5) is 114. The molecular weight excluding hydrogens is 899 g/mol. The van der Waals surface area contributed by atoms with Gasteiger partial charge in [-0.25, -0.2) is 0 Å². The van der Waals surface area contributed by atoms with Gasteiger partial charge < -0.3 is 84.3 Å². The molecule has 20 nitrogen and oxygen atoms in total. The fourth-order valence-corrected chi connectivity index (χ4v) is 10.7. The Kier molecular flexibility index (Phi) is 14.1. The van der Waals surface area contributed by atoms with E-state index in [-0.39, 0.29) is 117 Å². The molecule has 2 fully saturated rings. The van der Waals surface area contributed by atoms with E-state index in [1.165, 1.54) is 26.8 Å². The van der Waals surface area contributed by atoms with Crippen LogP contribution in [0.15, 0.2) is 44.3 Å².